The Morgan fingerprint density at radius 1 is 1.06 bits per heavy atom. The van der Waals surface area contributed by atoms with E-state index in [2.05, 4.69) is 10.1 Å². The number of hydrogen-bond donors (Lipinski definition) is 0. The number of aromatic nitrogens is 3. The Bertz CT molecular complexity index is 1130. The van der Waals surface area contributed by atoms with Crippen LogP contribution in [0.25, 0.3) is 5.82 Å². The number of para-hydroxylation sites is 1. The lowest BCUT2D eigenvalue weighted by Gasteiger charge is -2.15. The number of pyridine rings is 1. The van der Waals surface area contributed by atoms with Gasteiger partial charge in [0.25, 0.3) is 0 Å². The molecule has 0 atom stereocenters. The highest BCUT2D eigenvalue weighted by molar-refractivity contribution is 5.73. The number of benzene rings is 1. The van der Waals surface area contributed by atoms with Crippen LogP contribution in [0.1, 0.15) is 62.4 Å². The van der Waals surface area contributed by atoms with E-state index in [9.17, 15) is 18.0 Å². The van der Waals surface area contributed by atoms with Crippen LogP contribution >= 0.6 is 0 Å². The number of halogens is 3. The first kappa shape index (κ1) is 26.2. The molecule has 1 aromatic carbocycles. The van der Waals surface area contributed by atoms with Crippen LogP contribution < -0.4 is 9.47 Å². The molecule has 0 radical (unpaired) electrons. The molecular formula is C26H30F3N3O3. The molecule has 0 spiro atoms. The van der Waals surface area contributed by atoms with E-state index in [4.69, 9.17) is 9.47 Å². The Hall–Kier alpha value is -3.36. The third-order valence-corrected chi connectivity index (χ3v) is 5.46. The fraction of sp³-hybridized carbons (Fsp3) is 0.423. The second kappa shape index (κ2) is 11.9. The summed E-state index contributed by atoms with van der Waals surface area (Å²) >= 11 is 0. The molecule has 0 unspecified atom stereocenters. The van der Waals surface area contributed by atoms with Crippen LogP contribution in [0.4, 0.5) is 13.2 Å². The molecule has 0 aliphatic heterocycles. The number of hydrogen-bond acceptors (Lipinski definition) is 5. The Morgan fingerprint density at radius 3 is 2.49 bits per heavy atom. The first-order valence-corrected chi connectivity index (χ1v) is 11.8. The minimum atomic E-state index is -4.43. The largest absolute Gasteiger partial charge is 0.489 e. The fourth-order valence-corrected chi connectivity index (χ4v) is 3.62. The number of alkyl halides is 3. The van der Waals surface area contributed by atoms with E-state index in [0.717, 1.165) is 48.3 Å². The van der Waals surface area contributed by atoms with Crippen molar-refractivity contribution in [1.82, 2.24) is 14.8 Å². The van der Waals surface area contributed by atoms with Gasteiger partial charge in [-0.2, -0.15) is 18.3 Å². The van der Waals surface area contributed by atoms with Crippen LogP contribution in [0.3, 0.4) is 0 Å². The minimum absolute atomic E-state index is 0.272. The summed E-state index contributed by atoms with van der Waals surface area (Å²) in [6.07, 6.45) is 2.20. The molecule has 2 aromatic heterocycles. The number of carbonyl (C=O) groups excluding carboxylic acids is 1. The summed E-state index contributed by atoms with van der Waals surface area (Å²) in [7, 11) is 0. The lowest BCUT2D eigenvalue weighted by Crippen LogP contribution is -2.09. The van der Waals surface area contributed by atoms with Gasteiger partial charge in [0, 0.05) is 18.8 Å². The monoisotopic (exact) mass is 489 g/mol. The Balaban J connectivity index is 1.70. The predicted molar refractivity (Wildman–Crippen MR) is 126 cm³/mol. The molecule has 0 saturated carbocycles. The number of nitrogens with zero attached hydrogens (tertiary/aromatic N) is 3. The Kier molecular flexibility index (Phi) is 8.89. The molecule has 0 saturated heterocycles. The minimum Gasteiger partial charge on any atom is -0.489 e. The van der Waals surface area contributed by atoms with Crippen LogP contribution in [-0.2, 0) is 30.2 Å². The second-order valence-corrected chi connectivity index (χ2v) is 8.08. The van der Waals surface area contributed by atoms with Gasteiger partial charge in [-0.15, -0.1) is 0 Å². The Labute approximate surface area is 203 Å². The normalized spacial score (nSPS) is 11.5. The zero-order valence-corrected chi connectivity index (χ0v) is 20.2. The summed E-state index contributed by atoms with van der Waals surface area (Å²) in [5.74, 6) is 1.01. The van der Waals surface area contributed by atoms with E-state index in [1.54, 1.807) is 13.0 Å². The van der Waals surface area contributed by atoms with Crippen molar-refractivity contribution in [3.63, 3.8) is 0 Å². The topological polar surface area (TPSA) is 66.2 Å². The van der Waals surface area contributed by atoms with Crippen molar-refractivity contribution in [3.8, 4) is 17.3 Å². The van der Waals surface area contributed by atoms with Gasteiger partial charge >= 0.3 is 12.1 Å². The van der Waals surface area contributed by atoms with Gasteiger partial charge < -0.3 is 9.47 Å². The number of ether oxygens (including phenoxy) is 2. The first-order valence-electron chi connectivity index (χ1n) is 11.8. The molecule has 0 N–H and O–H groups in total. The van der Waals surface area contributed by atoms with Crippen molar-refractivity contribution in [1.29, 1.82) is 0 Å². The summed E-state index contributed by atoms with van der Waals surface area (Å²) in [6, 6.07) is 7.83. The Morgan fingerprint density at radius 2 is 1.86 bits per heavy atom. The second-order valence-electron chi connectivity index (χ2n) is 8.08. The van der Waals surface area contributed by atoms with Gasteiger partial charge in [-0.05, 0) is 55.0 Å². The van der Waals surface area contributed by atoms with Crippen molar-refractivity contribution in [2.45, 2.75) is 65.5 Å². The SMILES string of the molecule is CCCc1nn(-c2ccc(C(F)(F)F)cn2)cc1CCCOc1c(CC)cccc1OC(=O)CC. The van der Waals surface area contributed by atoms with Crippen LogP contribution in [-0.4, -0.2) is 27.3 Å². The van der Waals surface area contributed by atoms with Crippen molar-refractivity contribution in [2.24, 2.45) is 0 Å². The quantitative estimate of drug-likeness (QED) is 0.184. The molecule has 35 heavy (non-hydrogen) atoms. The molecular weight excluding hydrogens is 459 g/mol. The average Bonchev–Trinajstić information content (AvgIpc) is 3.24. The molecule has 0 aliphatic rings. The highest BCUT2D eigenvalue weighted by Crippen LogP contribution is 2.32. The van der Waals surface area contributed by atoms with E-state index in [1.165, 1.54) is 10.7 Å². The molecule has 3 aromatic rings. The maximum Gasteiger partial charge on any atom is 0.417 e. The van der Waals surface area contributed by atoms with Crippen LogP contribution in [0.5, 0.6) is 11.5 Å². The maximum absolute atomic E-state index is 12.8. The van der Waals surface area contributed by atoms with Crippen molar-refractivity contribution in [3.05, 3.63) is 65.1 Å². The summed E-state index contributed by atoms with van der Waals surface area (Å²) in [6.45, 7) is 6.20. The van der Waals surface area contributed by atoms with Gasteiger partial charge in [-0.1, -0.05) is 39.3 Å². The van der Waals surface area contributed by atoms with Crippen molar-refractivity contribution < 1.29 is 27.4 Å². The number of carbonyl (C=O) groups is 1. The molecule has 6 nitrogen and oxygen atoms in total. The highest BCUT2D eigenvalue weighted by atomic mass is 19.4. The van der Waals surface area contributed by atoms with Crippen molar-refractivity contribution >= 4 is 5.97 Å². The van der Waals surface area contributed by atoms with Gasteiger partial charge in [0.05, 0.1) is 17.9 Å². The van der Waals surface area contributed by atoms with E-state index in [1.807, 2.05) is 32.2 Å². The van der Waals surface area contributed by atoms with Crippen LogP contribution in [0, 0.1) is 0 Å². The standard InChI is InChI=1S/C26H30F3N3O3/c1-4-9-21-19(17-32(31-21)23-14-13-20(16-30-23)26(27,28)29)11-8-15-34-25-18(5-2)10-7-12-22(25)35-24(33)6-3/h7,10,12-14,16-17H,4-6,8-9,11,15H2,1-3H3. The molecule has 9 heteroatoms. The summed E-state index contributed by atoms with van der Waals surface area (Å²) < 4.78 is 51.5. The van der Waals surface area contributed by atoms with Gasteiger partial charge in [0.2, 0.25) is 0 Å². The molecule has 0 fully saturated rings. The maximum atomic E-state index is 12.8. The third kappa shape index (κ3) is 6.83. The highest BCUT2D eigenvalue weighted by Gasteiger charge is 2.30. The molecule has 188 valence electrons. The van der Waals surface area contributed by atoms with E-state index in [0.29, 0.717) is 36.8 Å². The number of rotatable bonds is 11. The summed E-state index contributed by atoms with van der Waals surface area (Å²) in [5.41, 5.74) is 2.05. The first-order chi connectivity index (χ1) is 16.8. The molecule has 3 rings (SSSR count). The lowest BCUT2D eigenvalue weighted by atomic mass is 10.1. The fourth-order valence-electron chi connectivity index (χ4n) is 3.62. The molecule has 2 heterocycles. The van der Waals surface area contributed by atoms with E-state index in [-0.39, 0.29) is 12.4 Å². The molecule has 0 bridgehead atoms. The zero-order chi connectivity index (χ0) is 25.4. The smallest absolute Gasteiger partial charge is 0.417 e. The van der Waals surface area contributed by atoms with Gasteiger partial charge in [0.15, 0.2) is 17.3 Å². The summed E-state index contributed by atoms with van der Waals surface area (Å²) in [4.78, 5) is 15.7. The number of esters is 1. The third-order valence-electron chi connectivity index (χ3n) is 5.46. The average molecular weight is 490 g/mol. The zero-order valence-electron chi connectivity index (χ0n) is 20.2. The van der Waals surface area contributed by atoms with Crippen molar-refractivity contribution in [2.75, 3.05) is 6.61 Å². The molecule has 0 amide bonds. The molecule has 0 aliphatic carbocycles. The van der Waals surface area contributed by atoms with Gasteiger partial charge in [-0.3, -0.25) is 4.79 Å². The van der Waals surface area contributed by atoms with Crippen LogP contribution in [0.15, 0.2) is 42.7 Å². The van der Waals surface area contributed by atoms with Gasteiger partial charge in [0.1, 0.15) is 0 Å². The van der Waals surface area contributed by atoms with Crippen LogP contribution in [0.2, 0.25) is 0 Å². The van der Waals surface area contributed by atoms with E-state index < -0.39 is 11.7 Å². The predicted octanol–water partition coefficient (Wildman–Crippen LogP) is 6.13. The van der Waals surface area contributed by atoms with Gasteiger partial charge in [-0.25, -0.2) is 9.67 Å². The lowest BCUT2D eigenvalue weighted by molar-refractivity contribution is -0.138. The van der Waals surface area contributed by atoms with E-state index >= 15 is 0 Å². The summed E-state index contributed by atoms with van der Waals surface area (Å²) in [5, 5.41) is 4.56. The number of aryl methyl sites for hydroxylation is 3.